The fourth-order valence-corrected chi connectivity index (χ4v) is 3.71. The number of aryl methyl sites for hydroxylation is 1. The Morgan fingerprint density at radius 3 is 3.00 bits per heavy atom. The summed E-state index contributed by atoms with van der Waals surface area (Å²) >= 11 is 3.24. The van der Waals surface area contributed by atoms with Crippen LogP contribution in [0.2, 0.25) is 0 Å². The molecule has 1 aromatic carbocycles. The third kappa shape index (κ3) is 4.63. The predicted molar refractivity (Wildman–Crippen MR) is 106 cm³/mol. The highest BCUT2D eigenvalue weighted by atomic mass is 79.9. The summed E-state index contributed by atoms with van der Waals surface area (Å²) < 4.78 is 15.7. The molecule has 1 aromatic heterocycles. The van der Waals surface area contributed by atoms with Gasteiger partial charge in [-0.2, -0.15) is 5.10 Å². The molecule has 2 aromatic rings. The van der Waals surface area contributed by atoms with E-state index in [0.29, 0.717) is 16.9 Å². The highest BCUT2D eigenvalue weighted by molar-refractivity contribution is 9.10. The molecule has 1 N–H and O–H groups in total. The molecule has 0 saturated carbocycles. The summed E-state index contributed by atoms with van der Waals surface area (Å²) in [6.45, 7) is 5.55. The van der Waals surface area contributed by atoms with Crippen LogP contribution in [0.4, 0.5) is 4.39 Å². The lowest BCUT2D eigenvalue weighted by Gasteiger charge is -2.21. The van der Waals surface area contributed by atoms with Crippen LogP contribution < -0.4 is 5.32 Å². The molecule has 3 rings (SSSR count). The molecule has 1 unspecified atom stereocenters. The number of likely N-dealkylation sites (tertiary alicyclic amines) is 1. The maximum atomic E-state index is 13.3. The van der Waals surface area contributed by atoms with Gasteiger partial charge < -0.3 is 10.2 Å². The highest BCUT2D eigenvalue weighted by Crippen LogP contribution is 2.26. The van der Waals surface area contributed by atoms with Gasteiger partial charge in [-0.25, -0.2) is 4.39 Å². The Hall–Kier alpha value is -1.89. The van der Waals surface area contributed by atoms with Crippen molar-refractivity contribution in [2.45, 2.75) is 25.7 Å². The second-order valence-electron chi connectivity index (χ2n) is 6.61. The summed E-state index contributed by atoms with van der Waals surface area (Å²) in [5, 5.41) is 7.68. The molecule has 1 saturated heterocycles. The Labute approximate surface area is 162 Å². The average Bonchev–Trinajstić information content (AvgIpc) is 3.26. The van der Waals surface area contributed by atoms with E-state index in [1.165, 1.54) is 11.6 Å². The normalized spacial score (nSPS) is 17.8. The molecule has 0 amide bonds. The Bertz CT molecular complexity index is 773. The number of hydrogen-bond donors (Lipinski definition) is 1. The lowest BCUT2D eigenvalue weighted by Crippen LogP contribution is -2.40. The Morgan fingerprint density at radius 1 is 1.46 bits per heavy atom. The number of halogens is 2. The zero-order valence-corrected chi connectivity index (χ0v) is 16.8. The summed E-state index contributed by atoms with van der Waals surface area (Å²) in [6.07, 6.45) is 5.96. The first-order valence-corrected chi connectivity index (χ1v) is 9.82. The van der Waals surface area contributed by atoms with Gasteiger partial charge in [-0.05, 0) is 59.0 Å². The third-order valence-corrected chi connectivity index (χ3v) is 5.27. The molecular formula is C19H25BrFN5. The zero-order valence-electron chi connectivity index (χ0n) is 15.3. The smallest absolute Gasteiger partial charge is 0.193 e. The van der Waals surface area contributed by atoms with Crippen molar-refractivity contribution >= 4 is 21.9 Å². The largest absolute Gasteiger partial charge is 0.357 e. The van der Waals surface area contributed by atoms with Crippen LogP contribution >= 0.6 is 15.9 Å². The lowest BCUT2D eigenvalue weighted by molar-refractivity contribution is 0.486. The van der Waals surface area contributed by atoms with Gasteiger partial charge in [0.15, 0.2) is 5.96 Å². The average molecular weight is 422 g/mol. The number of aromatic nitrogens is 2. The molecule has 1 fully saturated rings. The highest BCUT2D eigenvalue weighted by Gasteiger charge is 2.26. The molecule has 140 valence electrons. The molecule has 1 atom stereocenters. The second-order valence-corrected chi connectivity index (χ2v) is 7.47. The lowest BCUT2D eigenvalue weighted by atomic mass is 10.0. The molecule has 0 radical (unpaired) electrons. The summed E-state index contributed by atoms with van der Waals surface area (Å²) in [5.74, 6) is 1.23. The zero-order chi connectivity index (χ0) is 18.5. The van der Waals surface area contributed by atoms with Crippen molar-refractivity contribution in [2.75, 3.05) is 26.2 Å². The number of guanidine groups is 1. The molecule has 0 aliphatic carbocycles. The van der Waals surface area contributed by atoms with Crippen LogP contribution in [0.25, 0.3) is 0 Å². The minimum atomic E-state index is -0.232. The van der Waals surface area contributed by atoms with Crippen LogP contribution in [-0.4, -0.2) is 46.8 Å². The minimum absolute atomic E-state index is 0.232. The van der Waals surface area contributed by atoms with Crippen LogP contribution in [0, 0.1) is 5.82 Å². The summed E-state index contributed by atoms with van der Waals surface area (Å²) in [4.78, 5) is 7.10. The van der Waals surface area contributed by atoms with E-state index < -0.39 is 0 Å². The van der Waals surface area contributed by atoms with Crippen LogP contribution in [0.15, 0.2) is 40.1 Å². The van der Waals surface area contributed by atoms with Crippen LogP contribution in [0.1, 0.15) is 30.4 Å². The third-order valence-electron chi connectivity index (χ3n) is 4.66. The summed E-state index contributed by atoms with van der Waals surface area (Å²) in [6, 6.07) is 5.14. The Morgan fingerprint density at radius 2 is 2.31 bits per heavy atom. The van der Waals surface area contributed by atoms with Crippen molar-refractivity contribution in [1.29, 1.82) is 0 Å². The first-order valence-electron chi connectivity index (χ1n) is 9.02. The molecule has 2 heterocycles. The minimum Gasteiger partial charge on any atom is -0.357 e. The van der Waals surface area contributed by atoms with Crippen molar-refractivity contribution in [1.82, 2.24) is 20.0 Å². The molecule has 0 spiro atoms. The molecule has 7 heteroatoms. The van der Waals surface area contributed by atoms with Crippen molar-refractivity contribution in [3.05, 3.63) is 52.0 Å². The van der Waals surface area contributed by atoms with E-state index in [9.17, 15) is 4.39 Å². The molecular weight excluding hydrogens is 397 g/mol. The molecule has 1 aliphatic heterocycles. The van der Waals surface area contributed by atoms with Gasteiger partial charge in [0.25, 0.3) is 0 Å². The quantitative estimate of drug-likeness (QED) is 0.594. The van der Waals surface area contributed by atoms with Gasteiger partial charge in [0.1, 0.15) is 5.82 Å². The number of hydrogen-bond acceptors (Lipinski definition) is 2. The maximum Gasteiger partial charge on any atom is 0.193 e. The maximum absolute atomic E-state index is 13.3. The fourth-order valence-electron chi connectivity index (χ4n) is 3.29. The SMILES string of the molecule is CCNC(=NCCc1ccc(F)c(Br)c1)N1CCC(c2cnn(C)c2)C1. The number of nitrogens with zero attached hydrogens (tertiary/aromatic N) is 4. The number of nitrogens with one attached hydrogen (secondary N) is 1. The van der Waals surface area contributed by atoms with Gasteiger partial charge in [-0.1, -0.05) is 6.07 Å². The van der Waals surface area contributed by atoms with Crippen LogP contribution in [0.3, 0.4) is 0 Å². The van der Waals surface area contributed by atoms with E-state index in [0.717, 1.165) is 44.0 Å². The number of rotatable bonds is 5. The summed E-state index contributed by atoms with van der Waals surface area (Å²) in [7, 11) is 1.95. The van der Waals surface area contributed by atoms with Gasteiger partial charge in [0.2, 0.25) is 0 Å². The Balaban J connectivity index is 1.61. The standard InChI is InChI=1S/C19H25BrFN5/c1-3-22-19(23-8-6-14-4-5-18(21)17(20)10-14)26-9-7-15(13-26)16-11-24-25(2)12-16/h4-5,10-12,15H,3,6-9,13H2,1-2H3,(H,22,23). The van der Waals surface area contributed by atoms with E-state index in [4.69, 9.17) is 4.99 Å². The van der Waals surface area contributed by atoms with Crippen molar-refractivity contribution in [2.24, 2.45) is 12.0 Å². The second kappa shape index (κ2) is 8.66. The van der Waals surface area contributed by atoms with Gasteiger partial charge in [0, 0.05) is 45.3 Å². The predicted octanol–water partition coefficient (Wildman–Crippen LogP) is 3.32. The molecule has 26 heavy (non-hydrogen) atoms. The van der Waals surface area contributed by atoms with E-state index in [1.54, 1.807) is 0 Å². The van der Waals surface area contributed by atoms with Crippen LogP contribution in [0.5, 0.6) is 0 Å². The molecule has 5 nitrogen and oxygen atoms in total. The van der Waals surface area contributed by atoms with Gasteiger partial charge in [-0.15, -0.1) is 0 Å². The number of benzene rings is 1. The van der Waals surface area contributed by atoms with E-state index >= 15 is 0 Å². The van der Waals surface area contributed by atoms with E-state index in [1.807, 2.05) is 30.1 Å². The van der Waals surface area contributed by atoms with Gasteiger partial charge in [-0.3, -0.25) is 9.67 Å². The van der Waals surface area contributed by atoms with Crippen molar-refractivity contribution in [3.8, 4) is 0 Å². The monoisotopic (exact) mass is 421 g/mol. The van der Waals surface area contributed by atoms with Gasteiger partial charge >= 0.3 is 0 Å². The van der Waals surface area contributed by atoms with Gasteiger partial charge in [0.05, 0.1) is 10.7 Å². The first kappa shape index (κ1) is 18.9. The summed E-state index contributed by atoms with van der Waals surface area (Å²) in [5.41, 5.74) is 2.37. The molecule has 0 bridgehead atoms. The van der Waals surface area contributed by atoms with Crippen molar-refractivity contribution < 1.29 is 4.39 Å². The Kier molecular flexibility index (Phi) is 6.29. The fraction of sp³-hybridized carbons (Fsp3) is 0.474. The van der Waals surface area contributed by atoms with E-state index in [-0.39, 0.29) is 5.82 Å². The van der Waals surface area contributed by atoms with Crippen molar-refractivity contribution in [3.63, 3.8) is 0 Å². The molecule has 1 aliphatic rings. The first-order chi connectivity index (χ1) is 12.6. The van der Waals surface area contributed by atoms with Crippen LogP contribution in [-0.2, 0) is 13.5 Å². The van der Waals surface area contributed by atoms with E-state index in [2.05, 4.69) is 44.4 Å². The topological polar surface area (TPSA) is 45.5 Å². The number of aliphatic imine (C=N–C) groups is 1.